The molecule has 0 saturated heterocycles. The predicted octanol–water partition coefficient (Wildman–Crippen LogP) is 3.10. The number of nitrogens with zero attached hydrogens (tertiary/aromatic N) is 1. The maximum atomic E-state index is 5.50. The number of ether oxygens (including phenoxy) is 1. The first-order chi connectivity index (χ1) is 8.50. The van der Waals surface area contributed by atoms with E-state index < -0.39 is 0 Å². The number of aromatic nitrogens is 1. The quantitative estimate of drug-likeness (QED) is 0.911. The first-order valence-corrected chi connectivity index (χ1v) is 7.53. The second kappa shape index (κ2) is 5.68. The zero-order valence-corrected chi connectivity index (χ0v) is 12.6. The Balaban J connectivity index is 1.89. The summed E-state index contributed by atoms with van der Waals surface area (Å²) in [4.78, 5) is 5.84. The molecule has 3 nitrogen and oxygen atoms in total. The molecule has 2 unspecified atom stereocenters. The number of methoxy groups -OCH3 is 1. The van der Waals surface area contributed by atoms with Gasteiger partial charge in [0.15, 0.2) is 0 Å². The molecule has 1 fully saturated rings. The van der Waals surface area contributed by atoms with Gasteiger partial charge in [-0.1, -0.05) is 20.8 Å². The molecule has 2 atom stereocenters. The van der Waals surface area contributed by atoms with E-state index >= 15 is 0 Å². The fraction of sp³-hybridized carbons (Fsp3) is 0.786. The molecule has 1 aliphatic carbocycles. The van der Waals surface area contributed by atoms with Crippen LogP contribution in [0.1, 0.15) is 49.9 Å². The minimum absolute atomic E-state index is 0.158. The van der Waals surface area contributed by atoms with Gasteiger partial charge >= 0.3 is 0 Å². The van der Waals surface area contributed by atoms with E-state index in [1.54, 1.807) is 0 Å². The fourth-order valence-electron chi connectivity index (χ4n) is 2.41. The first-order valence-electron chi connectivity index (χ1n) is 6.72. The third-order valence-electron chi connectivity index (χ3n) is 3.49. The molecule has 0 bridgehead atoms. The van der Waals surface area contributed by atoms with Crippen molar-refractivity contribution in [2.24, 2.45) is 0 Å². The van der Waals surface area contributed by atoms with E-state index in [9.17, 15) is 0 Å². The van der Waals surface area contributed by atoms with Crippen LogP contribution in [0, 0.1) is 0 Å². The van der Waals surface area contributed by atoms with Gasteiger partial charge in [-0.3, -0.25) is 0 Å². The molecule has 1 aliphatic rings. The van der Waals surface area contributed by atoms with Crippen LogP contribution in [0.25, 0.3) is 0 Å². The van der Waals surface area contributed by atoms with E-state index in [1.807, 2.05) is 24.6 Å². The highest BCUT2D eigenvalue weighted by Crippen LogP contribution is 2.27. The Bertz CT molecular complexity index is 383. The molecule has 0 aliphatic heterocycles. The van der Waals surface area contributed by atoms with Crippen LogP contribution in [0.4, 0.5) is 0 Å². The topological polar surface area (TPSA) is 34.1 Å². The average molecular weight is 268 g/mol. The zero-order chi connectivity index (χ0) is 13.2. The highest BCUT2D eigenvalue weighted by atomic mass is 32.1. The standard InChI is InChI=1S/C14H24N2OS/c1-14(2,3)13-16-9-10(18-13)8-15-11-6-5-7-12(11)17-4/h9,11-12,15H,5-8H2,1-4H3. The lowest BCUT2D eigenvalue weighted by atomic mass is 9.98. The Morgan fingerprint density at radius 1 is 1.44 bits per heavy atom. The molecule has 0 amide bonds. The summed E-state index contributed by atoms with van der Waals surface area (Å²) in [7, 11) is 1.81. The van der Waals surface area contributed by atoms with Gasteiger partial charge in [-0.05, 0) is 19.3 Å². The van der Waals surface area contributed by atoms with Crippen molar-refractivity contribution in [1.82, 2.24) is 10.3 Å². The van der Waals surface area contributed by atoms with Gasteiger partial charge in [-0.2, -0.15) is 0 Å². The van der Waals surface area contributed by atoms with Crippen molar-refractivity contribution < 1.29 is 4.74 Å². The van der Waals surface area contributed by atoms with Crippen LogP contribution in [-0.2, 0) is 16.7 Å². The normalized spacial score (nSPS) is 24.7. The molecule has 0 spiro atoms. The Morgan fingerprint density at radius 2 is 2.22 bits per heavy atom. The van der Waals surface area contributed by atoms with Gasteiger partial charge in [-0.15, -0.1) is 11.3 Å². The summed E-state index contributed by atoms with van der Waals surface area (Å²) in [6, 6.07) is 0.509. The van der Waals surface area contributed by atoms with Crippen molar-refractivity contribution in [3.05, 3.63) is 16.1 Å². The fourth-order valence-corrected chi connectivity index (χ4v) is 3.33. The van der Waals surface area contributed by atoms with E-state index in [1.165, 1.54) is 29.1 Å². The summed E-state index contributed by atoms with van der Waals surface area (Å²) in [6.45, 7) is 7.54. The maximum Gasteiger partial charge on any atom is 0.0981 e. The van der Waals surface area contributed by atoms with Gasteiger partial charge in [0.25, 0.3) is 0 Å². The highest BCUT2D eigenvalue weighted by molar-refractivity contribution is 7.11. The van der Waals surface area contributed by atoms with Crippen LogP contribution in [0.15, 0.2) is 6.20 Å². The van der Waals surface area contributed by atoms with Crippen molar-refractivity contribution in [3.63, 3.8) is 0 Å². The minimum atomic E-state index is 0.158. The highest BCUT2D eigenvalue weighted by Gasteiger charge is 2.26. The Hall–Kier alpha value is -0.450. The molecule has 4 heteroatoms. The Labute approximate surface area is 114 Å². The lowest BCUT2D eigenvalue weighted by molar-refractivity contribution is 0.0848. The molecule has 0 aromatic carbocycles. The molecule has 1 saturated carbocycles. The molecular weight excluding hydrogens is 244 g/mol. The van der Waals surface area contributed by atoms with Crippen LogP contribution in [0.2, 0.25) is 0 Å². The largest absolute Gasteiger partial charge is 0.380 e. The third kappa shape index (κ3) is 3.31. The number of nitrogens with one attached hydrogen (secondary N) is 1. The maximum absolute atomic E-state index is 5.50. The zero-order valence-electron chi connectivity index (χ0n) is 11.8. The predicted molar refractivity (Wildman–Crippen MR) is 76.1 cm³/mol. The van der Waals surface area contributed by atoms with Gasteiger partial charge in [0.1, 0.15) is 0 Å². The van der Waals surface area contributed by atoms with Crippen LogP contribution >= 0.6 is 11.3 Å². The molecule has 1 aromatic heterocycles. The molecule has 1 N–H and O–H groups in total. The molecule has 18 heavy (non-hydrogen) atoms. The second-order valence-corrected chi connectivity index (χ2v) is 7.19. The van der Waals surface area contributed by atoms with Gasteiger partial charge < -0.3 is 10.1 Å². The third-order valence-corrected chi connectivity index (χ3v) is 4.91. The van der Waals surface area contributed by atoms with Gasteiger partial charge in [0.05, 0.1) is 11.1 Å². The summed E-state index contributed by atoms with van der Waals surface area (Å²) < 4.78 is 5.50. The molecule has 1 aromatic rings. The molecule has 102 valence electrons. The van der Waals surface area contributed by atoms with E-state index in [4.69, 9.17) is 4.74 Å². The monoisotopic (exact) mass is 268 g/mol. The van der Waals surface area contributed by atoms with E-state index in [0.717, 1.165) is 6.54 Å². The van der Waals surface area contributed by atoms with Gasteiger partial charge in [0.2, 0.25) is 0 Å². The Morgan fingerprint density at radius 3 is 2.83 bits per heavy atom. The molecule has 0 radical (unpaired) electrons. The SMILES string of the molecule is COC1CCCC1NCc1cnc(C(C)(C)C)s1. The molecule has 2 rings (SSSR count). The lowest BCUT2D eigenvalue weighted by Crippen LogP contribution is -2.36. The minimum Gasteiger partial charge on any atom is -0.380 e. The Kier molecular flexibility index (Phi) is 4.41. The summed E-state index contributed by atoms with van der Waals surface area (Å²) in [5, 5.41) is 4.83. The summed E-state index contributed by atoms with van der Waals surface area (Å²) in [6.07, 6.45) is 6.08. The average Bonchev–Trinajstić information content (AvgIpc) is 2.94. The van der Waals surface area contributed by atoms with Crippen LogP contribution < -0.4 is 5.32 Å². The number of hydrogen-bond donors (Lipinski definition) is 1. The van der Waals surface area contributed by atoms with Crippen LogP contribution in [0.3, 0.4) is 0 Å². The van der Waals surface area contributed by atoms with Crippen molar-refractivity contribution in [1.29, 1.82) is 0 Å². The van der Waals surface area contributed by atoms with Crippen molar-refractivity contribution in [2.75, 3.05) is 7.11 Å². The number of thiazole rings is 1. The summed E-state index contributed by atoms with van der Waals surface area (Å²) >= 11 is 1.82. The summed E-state index contributed by atoms with van der Waals surface area (Å²) in [5.41, 5.74) is 0.158. The van der Waals surface area contributed by atoms with Crippen molar-refractivity contribution >= 4 is 11.3 Å². The summed E-state index contributed by atoms with van der Waals surface area (Å²) in [5.74, 6) is 0. The van der Waals surface area contributed by atoms with Crippen molar-refractivity contribution in [3.8, 4) is 0 Å². The van der Waals surface area contributed by atoms with E-state index in [0.29, 0.717) is 12.1 Å². The van der Waals surface area contributed by atoms with Crippen LogP contribution in [-0.4, -0.2) is 24.2 Å². The number of rotatable bonds is 4. The van der Waals surface area contributed by atoms with Crippen molar-refractivity contribution in [2.45, 2.75) is 64.1 Å². The van der Waals surface area contributed by atoms with Gasteiger partial charge in [-0.25, -0.2) is 4.98 Å². The van der Waals surface area contributed by atoms with E-state index in [-0.39, 0.29) is 5.41 Å². The lowest BCUT2D eigenvalue weighted by Gasteiger charge is -2.19. The van der Waals surface area contributed by atoms with Gasteiger partial charge in [0, 0.05) is 36.2 Å². The molecule has 1 heterocycles. The van der Waals surface area contributed by atoms with E-state index in [2.05, 4.69) is 31.1 Å². The smallest absolute Gasteiger partial charge is 0.0981 e. The molecular formula is C14H24N2OS. The second-order valence-electron chi connectivity index (χ2n) is 6.07. The first kappa shape index (κ1) is 14.0. The van der Waals surface area contributed by atoms with Crippen LogP contribution in [0.5, 0.6) is 0 Å². The number of hydrogen-bond acceptors (Lipinski definition) is 4.